The number of aryl methyl sites for hydroxylation is 1. The molecule has 1 aromatic heterocycles. The Labute approximate surface area is 116 Å². The van der Waals surface area contributed by atoms with Crippen molar-refractivity contribution < 1.29 is 4.74 Å². The van der Waals surface area contributed by atoms with Gasteiger partial charge in [0.15, 0.2) is 0 Å². The lowest BCUT2D eigenvalue weighted by Crippen LogP contribution is -2.20. The fourth-order valence-corrected chi connectivity index (χ4v) is 2.37. The molecule has 106 valence electrons. The van der Waals surface area contributed by atoms with Gasteiger partial charge in [-0.05, 0) is 37.8 Å². The summed E-state index contributed by atoms with van der Waals surface area (Å²) in [6, 6.07) is 2.07. The molecule has 1 saturated heterocycles. The molecule has 0 radical (unpaired) electrons. The van der Waals surface area contributed by atoms with Gasteiger partial charge >= 0.3 is 0 Å². The molecule has 4 heteroatoms. The lowest BCUT2D eigenvalue weighted by Gasteiger charge is -2.10. The average molecular weight is 263 g/mol. The molecule has 1 N–H and O–H groups in total. The maximum atomic E-state index is 5.41. The van der Waals surface area contributed by atoms with Crippen LogP contribution in [0, 0.1) is 18.8 Å². The van der Waals surface area contributed by atoms with Gasteiger partial charge in [0.2, 0.25) is 0 Å². The summed E-state index contributed by atoms with van der Waals surface area (Å²) in [5, 5.41) is 3.43. The molecular formula is C15H25N3O. The van der Waals surface area contributed by atoms with Crippen LogP contribution in [0.2, 0.25) is 0 Å². The van der Waals surface area contributed by atoms with Crippen LogP contribution in [-0.4, -0.2) is 29.7 Å². The highest BCUT2D eigenvalue weighted by molar-refractivity contribution is 5.10. The second kappa shape index (κ2) is 6.96. The molecule has 1 unspecified atom stereocenters. The van der Waals surface area contributed by atoms with Gasteiger partial charge in [-0.15, -0.1) is 0 Å². The van der Waals surface area contributed by atoms with Crippen molar-refractivity contribution in [3.8, 4) is 0 Å². The zero-order valence-corrected chi connectivity index (χ0v) is 12.3. The van der Waals surface area contributed by atoms with Gasteiger partial charge < -0.3 is 10.1 Å². The molecule has 19 heavy (non-hydrogen) atoms. The van der Waals surface area contributed by atoms with Gasteiger partial charge in [0.1, 0.15) is 5.82 Å². The number of rotatable bonds is 6. The Balaban J connectivity index is 1.93. The first-order valence-corrected chi connectivity index (χ1v) is 7.25. The molecule has 1 fully saturated rings. The van der Waals surface area contributed by atoms with Gasteiger partial charge in [-0.1, -0.05) is 13.8 Å². The van der Waals surface area contributed by atoms with Crippen molar-refractivity contribution in [2.75, 3.05) is 19.8 Å². The molecule has 0 saturated carbocycles. The quantitative estimate of drug-likeness (QED) is 0.854. The first-order chi connectivity index (χ1) is 9.13. The standard InChI is InChI=1S/C15H25N3O/c1-11(2)8-16-9-14-6-12(3)17-15(18-14)7-13-4-5-19-10-13/h6,11,13,16H,4-5,7-10H2,1-3H3. The van der Waals surface area contributed by atoms with E-state index < -0.39 is 0 Å². The highest BCUT2D eigenvalue weighted by Gasteiger charge is 2.17. The number of hydrogen-bond acceptors (Lipinski definition) is 4. The van der Waals surface area contributed by atoms with Gasteiger partial charge in [-0.3, -0.25) is 0 Å². The minimum Gasteiger partial charge on any atom is -0.381 e. The first kappa shape index (κ1) is 14.4. The Bertz CT molecular complexity index is 400. The van der Waals surface area contributed by atoms with E-state index in [1.807, 2.05) is 6.92 Å². The number of aromatic nitrogens is 2. The van der Waals surface area contributed by atoms with Crippen molar-refractivity contribution >= 4 is 0 Å². The van der Waals surface area contributed by atoms with Crippen molar-refractivity contribution in [3.63, 3.8) is 0 Å². The summed E-state index contributed by atoms with van der Waals surface area (Å²) in [7, 11) is 0. The van der Waals surface area contributed by atoms with Crippen molar-refractivity contribution in [2.24, 2.45) is 11.8 Å². The van der Waals surface area contributed by atoms with E-state index in [4.69, 9.17) is 4.74 Å². The SMILES string of the molecule is Cc1cc(CNCC(C)C)nc(CC2CCOC2)n1. The monoisotopic (exact) mass is 263 g/mol. The lowest BCUT2D eigenvalue weighted by molar-refractivity contribution is 0.185. The zero-order valence-electron chi connectivity index (χ0n) is 12.3. The fourth-order valence-electron chi connectivity index (χ4n) is 2.37. The molecule has 0 amide bonds. The van der Waals surface area contributed by atoms with Gasteiger partial charge in [-0.25, -0.2) is 9.97 Å². The van der Waals surface area contributed by atoms with Gasteiger partial charge in [0, 0.05) is 31.9 Å². The van der Waals surface area contributed by atoms with E-state index in [0.29, 0.717) is 11.8 Å². The first-order valence-electron chi connectivity index (χ1n) is 7.25. The Morgan fingerprint density at radius 1 is 1.42 bits per heavy atom. The van der Waals surface area contributed by atoms with E-state index in [1.54, 1.807) is 0 Å². The van der Waals surface area contributed by atoms with E-state index >= 15 is 0 Å². The minimum atomic E-state index is 0.596. The van der Waals surface area contributed by atoms with Crippen molar-refractivity contribution in [3.05, 3.63) is 23.3 Å². The maximum absolute atomic E-state index is 5.41. The number of hydrogen-bond donors (Lipinski definition) is 1. The Morgan fingerprint density at radius 2 is 2.26 bits per heavy atom. The van der Waals surface area contributed by atoms with E-state index in [0.717, 1.165) is 56.4 Å². The second-order valence-electron chi connectivity index (χ2n) is 5.88. The fraction of sp³-hybridized carbons (Fsp3) is 0.733. The summed E-state index contributed by atoms with van der Waals surface area (Å²) in [4.78, 5) is 9.21. The summed E-state index contributed by atoms with van der Waals surface area (Å²) in [6.45, 7) is 10.1. The van der Waals surface area contributed by atoms with Crippen LogP contribution in [-0.2, 0) is 17.7 Å². The highest BCUT2D eigenvalue weighted by Crippen LogP contribution is 2.16. The average Bonchev–Trinajstić information content (AvgIpc) is 2.80. The molecule has 2 heterocycles. The van der Waals surface area contributed by atoms with E-state index in [1.165, 1.54) is 0 Å². The summed E-state index contributed by atoms with van der Waals surface area (Å²) in [6.07, 6.45) is 2.08. The molecule has 0 aliphatic carbocycles. The number of nitrogens with zero attached hydrogens (tertiary/aromatic N) is 2. The predicted octanol–water partition coefficient (Wildman–Crippen LogP) is 2.11. The molecular weight excluding hydrogens is 238 g/mol. The molecule has 1 aromatic rings. The maximum Gasteiger partial charge on any atom is 0.129 e. The molecule has 1 aliphatic rings. The van der Waals surface area contributed by atoms with Crippen LogP contribution >= 0.6 is 0 Å². The highest BCUT2D eigenvalue weighted by atomic mass is 16.5. The summed E-state index contributed by atoms with van der Waals surface area (Å²) < 4.78 is 5.41. The topological polar surface area (TPSA) is 47.0 Å². The Hall–Kier alpha value is -1.00. The summed E-state index contributed by atoms with van der Waals surface area (Å²) in [5.41, 5.74) is 2.16. The second-order valence-corrected chi connectivity index (χ2v) is 5.88. The van der Waals surface area contributed by atoms with Crippen LogP contribution in [0.25, 0.3) is 0 Å². The smallest absolute Gasteiger partial charge is 0.129 e. The van der Waals surface area contributed by atoms with Gasteiger partial charge in [0.25, 0.3) is 0 Å². The van der Waals surface area contributed by atoms with Crippen LogP contribution in [0.5, 0.6) is 0 Å². The molecule has 2 rings (SSSR count). The predicted molar refractivity (Wildman–Crippen MR) is 75.9 cm³/mol. The molecule has 0 aromatic carbocycles. The third-order valence-corrected chi connectivity index (χ3v) is 3.31. The summed E-state index contributed by atoms with van der Waals surface area (Å²) >= 11 is 0. The zero-order chi connectivity index (χ0) is 13.7. The van der Waals surface area contributed by atoms with E-state index in [9.17, 15) is 0 Å². The van der Waals surface area contributed by atoms with Crippen molar-refractivity contribution in [2.45, 2.75) is 40.2 Å². The molecule has 0 spiro atoms. The van der Waals surface area contributed by atoms with Crippen LogP contribution in [0.1, 0.15) is 37.5 Å². The van der Waals surface area contributed by atoms with E-state index in [2.05, 4.69) is 35.2 Å². The number of ether oxygens (including phenoxy) is 1. The lowest BCUT2D eigenvalue weighted by atomic mass is 10.0. The van der Waals surface area contributed by atoms with Gasteiger partial charge in [-0.2, -0.15) is 0 Å². The molecule has 4 nitrogen and oxygen atoms in total. The van der Waals surface area contributed by atoms with Crippen LogP contribution in [0.15, 0.2) is 6.07 Å². The largest absolute Gasteiger partial charge is 0.381 e. The van der Waals surface area contributed by atoms with Crippen molar-refractivity contribution in [1.29, 1.82) is 0 Å². The van der Waals surface area contributed by atoms with Gasteiger partial charge in [0.05, 0.1) is 5.69 Å². The van der Waals surface area contributed by atoms with Crippen LogP contribution in [0.3, 0.4) is 0 Å². The normalized spacial score (nSPS) is 19.3. The van der Waals surface area contributed by atoms with E-state index in [-0.39, 0.29) is 0 Å². The Kier molecular flexibility index (Phi) is 5.28. The Morgan fingerprint density at radius 3 is 2.95 bits per heavy atom. The number of nitrogens with one attached hydrogen (secondary N) is 1. The molecule has 1 atom stereocenters. The third-order valence-electron chi connectivity index (χ3n) is 3.31. The van der Waals surface area contributed by atoms with Crippen LogP contribution < -0.4 is 5.32 Å². The molecule has 0 bridgehead atoms. The summed E-state index contributed by atoms with van der Waals surface area (Å²) in [5.74, 6) is 2.23. The third kappa shape index (κ3) is 4.88. The minimum absolute atomic E-state index is 0.596. The van der Waals surface area contributed by atoms with Crippen molar-refractivity contribution in [1.82, 2.24) is 15.3 Å². The molecule has 1 aliphatic heterocycles. The van der Waals surface area contributed by atoms with Crippen LogP contribution in [0.4, 0.5) is 0 Å².